The lowest BCUT2D eigenvalue weighted by atomic mass is 9.87. The lowest BCUT2D eigenvalue weighted by Gasteiger charge is -2.32. The molecule has 1 aliphatic rings. The molecule has 0 spiro atoms. The summed E-state index contributed by atoms with van der Waals surface area (Å²) in [7, 11) is 0. The Hall–Kier alpha value is -1.39. The number of rotatable bonds is 8. The molecular weight excluding hydrogens is 372 g/mol. The summed E-state index contributed by atoms with van der Waals surface area (Å²) >= 11 is 3.70. The van der Waals surface area contributed by atoms with E-state index in [1.807, 2.05) is 35.7 Å². The van der Waals surface area contributed by atoms with Gasteiger partial charge in [0.25, 0.3) is 0 Å². The van der Waals surface area contributed by atoms with Crippen molar-refractivity contribution in [1.29, 1.82) is 0 Å². The van der Waals surface area contributed by atoms with Crippen LogP contribution >= 0.6 is 23.5 Å². The second-order valence-electron chi connectivity index (χ2n) is 7.70. The van der Waals surface area contributed by atoms with Crippen molar-refractivity contribution in [1.82, 2.24) is 0 Å². The minimum Gasteiger partial charge on any atom is -0.460 e. The maximum Gasteiger partial charge on any atom is 0.310 e. The van der Waals surface area contributed by atoms with Crippen LogP contribution in [0.25, 0.3) is 0 Å². The molecule has 0 saturated carbocycles. The molecule has 0 N–H and O–H groups in total. The van der Waals surface area contributed by atoms with Crippen LogP contribution in [0.5, 0.6) is 0 Å². The molecule has 0 aliphatic carbocycles. The van der Waals surface area contributed by atoms with E-state index in [-0.39, 0.29) is 28.7 Å². The predicted octanol–water partition coefficient (Wildman–Crippen LogP) is 5.81. The van der Waals surface area contributed by atoms with Crippen molar-refractivity contribution in [3.63, 3.8) is 0 Å². The first-order valence-corrected chi connectivity index (χ1v) is 11.6. The maximum absolute atomic E-state index is 12.5. The fourth-order valence-electron chi connectivity index (χ4n) is 3.54. The van der Waals surface area contributed by atoms with E-state index in [0.717, 1.165) is 17.3 Å². The minimum absolute atomic E-state index is 0.0136. The van der Waals surface area contributed by atoms with E-state index in [2.05, 4.69) is 69.3 Å². The Bertz CT molecular complexity index is 731. The van der Waals surface area contributed by atoms with Gasteiger partial charge in [-0.25, -0.2) is 0 Å². The van der Waals surface area contributed by atoms with Gasteiger partial charge < -0.3 is 4.74 Å². The van der Waals surface area contributed by atoms with E-state index in [1.165, 1.54) is 11.1 Å². The van der Waals surface area contributed by atoms with E-state index >= 15 is 0 Å². The Morgan fingerprint density at radius 1 is 0.926 bits per heavy atom. The van der Waals surface area contributed by atoms with Crippen LogP contribution in [-0.4, -0.2) is 22.6 Å². The van der Waals surface area contributed by atoms with Crippen LogP contribution in [-0.2, 0) is 21.0 Å². The second-order valence-corrected chi connectivity index (χ2v) is 10.4. The largest absolute Gasteiger partial charge is 0.460 e. The molecule has 4 heteroatoms. The maximum atomic E-state index is 12.5. The zero-order chi connectivity index (χ0) is 19.3. The molecular formula is C23H28O2S2. The van der Waals surface area contributed by atoms with Gasteiger partial charge in [0, 0.05) is 27.9 Å². The van der Waals surface area contributed by atoms with Crippen molar-refractivity contribution >= 4 is 29.5 Å². The van der Waals surface area contributed by atoms with E-state index in [1.54, 1.807) is 0 Å². The normalized spacial score (nSPS) is 22.6. The highest BCUT2D eigenvalue weighted by molar-refractivity contribution is 7.99. The summed E-state index contributed by atoms with van der Waals surface area (Å²) in [6.07, 6.45) is -0.0407. The van der Waals surface area contributed by atoms with Gasteiger partial charge in [-0.1, -0.05) is 67.6 Å². The fraction of sp³-hybridized carbons (Fsp3) is 0.435. The lowest BCUT2D eigenvalue weighted by Crippen LogP contribution is -2.37. The zero-order valence-electron chi connectivity index (χ0n) is 16.3. The van der Waals surface area contributed by atoms with Crippen molar-refractivity contribution in [2.24, 2.45) is 11.8 Å². The van der Waals surface area contributed by atoms with Gasteiger partial charge in [0.1, 0.15) is 6.10 Å². The Labute approximate surface area is 171 Å². The lowest BCUT2D eigenvalue weighted by molar-refractivity contribution is -0.144. The van der Waals surface area contributed by atoms with Crippen molar-refractivity contribution in [3.05, 3.63) is 71.8 Å². The molecule has 1 fully saturated rings. The first-order valence-electron chi connectivity index (χ1n) is 9.47. The summed E-state index contributed by atoms with van der Waals surface area (Å²) < 4.78 is 5.76. The summed E-state index contributed by atoms with van der Waals surface area (Å²) in [5.74, 6) is 2.89. The molecule has 2 nitrogen and oxygen atoms in total. The number of cyclic esters (lactones) is 1. The molecule has 0 bridgehead atoms. The molecule has 0 aromatic heterocycles. The molecule has 144 valence electrons. The van der Waals surface area contributed by atoms with Crippen molar-refractivity contribution < 1.29 is 9.53 Å². The van der Waals surface area contributed by atoms with E-state index < -0.39 is 0 Å². The average molecular weight is 401 g/mol. The third-order valence-electron chi connectivity index (χ3n) is 5.21. The van der Waals surface area contributed by atoms with Gasteiger partial charge in [-0.3, -0.25) is 4.79 Å². The van der Waals surface area contributed by atoms with E-state index in [4.69, 9.17) is 4.74 Å². The fourth-order valence-corrected chi connectivity index (χ4v) is 5.94. The van der Waals surface area contributed by atoms with Gasteiger partial charge in [0.2, 0.25) is 0 Å². The first-order chi connectivity index (χ1) is 13.0. The summed E-state index contributed by atoms with van der Waals surface area (Å²) in [4.78, 5) is 12.5. The molecule has 1 aliphatic heterocycles. The van der Waals surface area contributed by atoms with Crippen LogP contribution in [0.4, 0.5) is 0 Å². The summed E-state index contributed by atoms with van der Waals surface area (Å²) in [6.45, 7) is 6.58. The van der Waals surface area contributed by atoms with Crippen molar-refractivity contribution in [3.8, 4) is 0 Å². The second kappa shape index (κ2) is 9.20. The number of carbonyl (C=O) groups excluding carboxylic acids is 1. The average Bonchev–Trinajstić information content (AvgIpc) is 2.97. The topological polar surface area (TPSA) is 26.3 Å². The Morgan fingerprint density at radius 3 is 2.07 bits per heavy atom. The number of hydrogen-bond acceptors (Lipinski definition) is 4. The highest BCUT2D eigenvalue weighted by Gasteiger charge is 2.48. The Kier molecular flexibility index (Phi) is 6.93. The van der Waals surface area contributed by atoms with E-state index in [9.17, 15) is 4.79 Å². The molecule has 2 aromatic carbocycles. The molecule has 1 saturated heterocycles. The highest BCUT2D eigenvalue weighted by atomic mass is 32.2. The van der Waals surface area contributed by atoms with Gasteiger partial charge in [-0.05, 0) is 25.0 Å². The van der Waals surface area contributed by atoms with Crippen LogP contribution in [0.15, 0.2) is 60.7 Å². The number of thioether (sulfide) groups is 2. The molecule has 2 aromatic rings. The summed E-state index contributed by atoms with van der Waals surface area (Å²) in [5.41, 5.74) is 2.61. The standard InChI is InChI=1S/C23H28O2S2/c1-17-20(16-26-14-18-10-6-4-7-11-18)22(24)25-21(17)23(2,3)27-15-19-12-8-5-9-13-19/h4-13,17,20-21H,14-16H2,1-3H3. The SMILES string of the molecule is CC1C(CSCc2ccccc2)C(=O)OC1C(C)(C)SCc1ccccc1. The van der Waals surface area contributed by atoms with Gasteiger partial charge >= 0.3 is 5.97 Å². The van der Waals surface area contributed by atoms with Gasteiger partial charge in [-0.15, -0.1) is 11.8 Å². The van der Waals surface area contributed by atoms with Gasteiger partial charge in [0.15, 0.2) is 0 Å². The van der Waals surface area contributed by atoms with Gasteiger partial charge in [0.05, 0.1) is 5.92 Å². The summed E-state index contributed by atoms with van der Waals surface area (Å²) in [5, 5.41) is 0. The van der Waals surface area contributed by atoms with Gasteiger partial charge in [-0.2, -0.15) is 11.8 Å². The smallest absolute Gasteiger partial charge is 0.310 e. The molecule has 1 heterocycles. The minimum atomic E-state index is -0.107. The first kappa shape index (κ1) is 20.3. The third kappa shape index (κ3) is 5.32. The Balaban J connectivity index is 1.54. The molecule has 0 radical (unpaired) electrons. The van der Waals surface area contributed by atoms with Crippen molar-refractivity contribution in [2.75, 3.05) is 5.75 Å². The third-order valence-corrected chi connectivity index (χ3v) is 7.79. The zero-order valence-corrected chi connectivity index (χ0v) is 17.9. The van der Waals surface area contributed by atoms with Crippen LogP contribution < -0.4 is 0 Å². The predicted molar refractivity (Wildman–Crippen MR) is 117 cm³/mol. The number of carbonyl (C=O) groups is 1. The van der Waals surface area contributed by atoms with Crippen LogP contribution in [0, 0.1) is 11.8 Å². The quantitative estimate of drug-likeness (QED) is 0.522. The number of esters is 1. The highest BCUT2D eigenvalue weighted by Crippen LogP contribution is 2.43. The van der Waals surface area contributed by atoms with Crippen LogP contribution in [0.1, 0.15) is 31.9 Å². The van der Waals surface area contributed by atoms with Crippen LogP contribution in [0.3, 0.4) is 0 Å². The Morgan fingerprint density at radius 2 is 1.48 bits per heavy atom. The molecule has 0 amide bonds. The molecule has 27 heavy (non-hydrogen) atoms. The summed E-state index contributed by atoms with van der Waals surface area (Å²) in [6, 6.07) is 20.9. The number of benzene rings is 2. The molecule has 3 rings (SSSR count). The number of ether oxygens (including phenoxy) is 1. The number of hydrogen-bond donors (Lipinski definition) is 0. The van der Waals surface area contributed by atoms with Crippen molar-refractivity contribution in [2.45, 2.75) is 43.1 Å². The van der Waals surface area contributed by atoms with Crippen LogP contribution in [0.2, 0.25) is 0 Å². The molecule has 3 atom stereocenters. The molecule has 3 unspecified atom stereocenters. The van der Waals surface area contributed by atoms with E-state index in [0.29, 0.717) is 0 Å². The monoisotopic (exact) mass is 400 g/mol.